The Morgan fingerprint density at radius 2 is 2.17 bits per heavy atom. The number of aliphatic hydroxyl groups excluding tert-OH is 1. The van der Waals surface area contributed by atoms with Crippen LogP contribution in [0.1, 0.15) is 24.2 Å². The molecule has 0 fully saturated rings. The zero-order valence-electron chi connectivity index (χ0n) is 9.88. The standard InChI is InChI=1S/C13H13FN2O2/c1-2-18-10-5-9(6-16-7-10)13(17)11-3-4-15-8-12(11)14/h3-8,13,17H,2H2,1H3. The molecule has 0 aromatic carbocycles. The quantitative estimate of drug-likeness (QED) is 0.900. The molecule has 2 aromatic rings. The first-order chi connectivity index (χ1) is 8.72. The summed E-state index contributed by atoms with van der Waals surface area (Å²) in [6.45, 7) is 2.36. The number of nitrogens with zero attached hydrogens (tertiary/aromatic N) is 2. The van der Waals surface area contributed by atoms with E-state index in [1.807, 2.05) is 6.92 Å². The molecule has 2 aromatic heterocycles. The Hall–Kier alpha value is -2.01. The fourth-order valence-electron chi connectivity index (χ4n) is 1.62. The highest BCUT2D eigenvalue weighted by atomic mass is 19.1. The molecule has 0 aliphatic heterocycles. The van der Waals surface area contributed by atoms with E-state index in [0.717, 1.165) is 6.20 Å². The van der Waals surface area contributed by atoms with Crippen LogP contribution in [0.4, 0.5) is 4.39 Å². The Morgan fingerprint density at radius 3 is 2.89 bits per heavy atom. The highest BCUT2D eigenvalue weighted by Gasteiger charge is 2.15. The van der Waals surface area contributed by atoms with Gasteiger partial charge in [-0.05, 0) is 19.1 Å². The van der Waals surface area contributed by atoms with E-state index < -0.39 is 11.9 Å². The second kappa shape index (κ2) is 5.55. The summed E-state index contributed by atoms with van der Waals surface area (Å²) in [5, 5.41) is 10.1. The number of rotatable bonds is 4. The molecule has 0 amide bonds. The maximum atomic E-state index is 13.5. The van der Waals surface area contributed by atoms with Crippen molar-refractivity contribution < 1.29 is 14.2 Å². The van der Waals surface area contributed by atoms with Crippen LogP contribution < -0.4 is 4.74 Å². The Balaban J connectivity index is 2.31. The molecule has 1 unspecified atom stereocenters. The largest absolute Gasteiger partial charge is 0.492 e. The number of hydrogen-bond acceptors (Lipinski definition) is 4. The van der Waals surface area contributed by atoms with Gasteiger partial charge in [-0.15, -0.1) is 0 Å². The van der Waals surface area contributed by atoms with Gasteiger partial charge in [-0.25, -0.2) is 4.39 Å². The number of aromatic nitrogens is 2. The topological polar surface area (TPSA) is 55.2 Å². The maximum Gasteiger partial charge on any atom is 0.147 e. The van der Waals surface area contributed by atoms with Crippen molar-refractivity contribution >= 4 is 0 Å². The van der Waals surface area contributed by atoms with Gasteiger partial charge < -0.3 is 9.84 Å². The zero-order chi connectivity index (χ0) is 13.0. The molecular formula is C13H13FN2O2. The van der Waals surface area contributed by atoms with Crippen LogP contribution in [0, 0.1) is 5.82 Å². The molecule has 1 N–H and O–H groups in total. The number of ether oxygens (including phenoxy) is 1. The molecule has 0 radical (unpaired) electrons. The average Bonchev–Trinajstić information content (AvgIpc) is 2.39. The molecule has 5 heteroatoms. The number of aliphatic hydroxyl groups is 1. The summed E-state index contributed by atoms with van der Waals surface area (Å²) in [6, 6.07) is 3.08. The Bertz CT molecular complexity index is 534. The van der Waals surface area contributed by atoms with Crippen LogP contribution in [-0.2, 0) is 0 Å². The number of hydrogen-bond donors (Lipinski definition) is 1. The van der Waals surface area contributed by atoms with E-state index in [2.05, 4.69) is 9.97 Å². The summed E-state index contributed by atoms with van der Waals surface area (Å²) in [6.07, 6.45) is 4.44. The Labute approximate surface area is 104 Å². The highest BCUT2D eigenvalue weighted by Crippen LogP contribution is 2.25. The second-order valence-electron chi connectivity index (χ2n) is 3.69. The van der Waals surface area contributed by atoms with Gasteiger partial charge in [0.2, 0.25) is 0 Å². The van der Waals surface area contributed by atoms with E-state index in [-0.39, 0.29) is 5.56 Å². The van der Waals surface area contributed by atoms with Gasteiger partial charge in [-0.2, -0.15) is 0 Å². The van der Waals surface area contributed by atoms with Crippen molar-refractivity contribution in [2.45, 2.75) is 13.0 Å². The van der Waals surface area contributed by atoms with Gasteiger partial charge in [0, 0.05) is 23.5 Å². The van der Waals surface area contributed by atoms with Gasteiger partial charge >= 0.3 is 0 Å². The first kappa shape index (κ1) is 12.4. The summed E-state index contributed by atoms with van der Waals surface area (Å²) in [4.78, 5) is 7.60. The first-order valence-electron chi connectivity index (χ1n) is 5.57. The van der Waals surface area contributed by atoms with Crippen molar-refractivity contribution in [3.63, 3.8) is 0 Å². The molecule has 0 saturated heterocycles. The third-order valence-electron chi connectivity index (χ3n) is 2.46. The second-order valence-corrected chi connectivity index (χ2v) is 3.69. The van der Waals surface area contributed by atoms with E-state index >= 15 is 0 Å². The molecular weight excluding hydrogens is 235 g/mol. The smallest absolute Gasteiger partial charge is 0.147 e. The predicted molar refractivity (Wildman–Crippen MR) is 63.7 cm³/mol. The summed E-state index contributed by atoms with van der Waals surface area (Å²) >= 11 is 0. The molecule has 0 saturated carbocycles. The molecule has 0 aliphatic rings. The molecule has 2 rings (SSSR count). The van der Waals surface area contributed by atoms with Gasteiger partial charge in [-0.3, -0.25) is 9.97 Å². The molecule has 4 nitrogen and oxygen atoms in total. The third-order valence-corrected chi connectivity index (χ3v) is 2.46. The Kier molecular flexibility index (Phi) is 3.84. The van der Waals surface area contributed by atoms with Gasteiger partial charge in [0.1, 0.15) is 17.7 Å². The lowest BCUT2D eigenvalue weighted by Crippen LogP contribution is -2.04. The minimum Gasteiger partial charge on any atom is -0.492 e. The minimum atomic E-state index is -1.08. The van der Waals surface area contributed by atoms with E-state index in [1.165, 1.54) is 18.5 Å². The van der Waals surface area contributed by atoms with Crippen LogP contribution >= 0.6 is 0 Å². The van der Waals surface area contributed by atoms with Crippen molar-refractivity contribution in [2.75, 3.05) is 6.61 Å². The average molecular weight is 248 g/mol. The molecule has 2 heterocycles. The number of pyridine rings is 2. The van der Waals surface area contributed by atoms with E-state index in [1.54, 1.807) is 12.3 Å². The highest BCUT2D eigenvalue weighted by molar-refractivity contribution is 5.32. The first-order valence-corrected chi connectivity index (χ1v) is 5.57. The van der Waals surface area contributed by atoms with Crippen molar-refractivity contribution in [3.8, 4) is 5.75 Å². The minimum absolute atomic E-state index is 0.167. The van der Waals surface area contributed by atoms with Crippen LogP contribution in [0.3, 0.4) is 0 Å². The van der Waals surface area contributed by atoms with Gasteiger partial charge in [0.15, 0.2) is 0 Å². The van der Waals surface area contributed by atoms with E-state index in [4.69, 9.17) is 4.74 Å². The molecule has 18 heavy (non-hydrogen) atoms. The summed E-state index contributed by atoms with van der Waals surface area (Å²) in [7, 11) is 0. The van der Waals surface area contributed by atoms with E-state index in [9.17, 15) is 9.50 Å². The SMILES string of the molecule is CCOc1cncc(C(O)c2ccncc2F)c1. The lowest BCUT2D eigenvalue weighted by Gasteiger charge is -2.12. The van der Waals surface area contributed by atoms with Crippen molar-refractivity contribution in [2.24, 2.45) is 0 Å². The number of halogens is 1. The molecule has 0 spiro atoms. The van der Waals surface area contributed by atoms with Crippen molar-refractivity contribution in [1.82, 2.24) is 9.97 Å². The predicted octanol–water partition coefficient (Wildman–Crippen LogP) is 2.10. The Morgan fingerprint density at radius 1 is 1.33 bits per heavy atom. The van der Waals surface area contributed by atoms with Crippen LogP contribution in [0.15, 0.2) is 36.9 Å². The van der Waals surface area contributed by atoms with Crippen LogP contribution in [0.2, 0.25) is 0 Å². The lowest BCUT2D eigenvalue weighted by atomic mass is 10.0. The van der Waals surface area contributed by atoms with Crippen LogP contribution in [0.25, 0.3) is 0 Å². The fourth-order valence-corrected chi connectivity index (χ4v) is 1.62. The normalized spacial score (nSPS) is 12.2. The van der Waals surface area contributed by atoms with Crippen molar-refractivity contribution in [1.29, 1.82) is 0 Å². The summed E-state index contributed by atoms with van der Waals surface area (Å²) in [5.41, 5.74) is 0.645. The summed E-state index contributed by atoms with van der Waals surface area (Å²) in [5.74, 6) is -0.00433. The van der Waals surface area contributed by atoms with Gasteiger partial charge in [0.05, 0.1) is 19.0 Å². The van der Waals surface area contributed by atoms with Gasteiger partial charge in [-0.1, -0.05) is 0 Å². The third kappa shape index (κ3) is 2.62. The van der Waals surface area contributed by atoms with Crippen molar-refractivity contribution in [3.05, 3.63) is 53.9 Å². The lowest BCUT2D eigenvalue weighted by molar-refractivity contribution is 0.213. The molecule has 94 valence electrons. The molecule has 0 aliphatic carbocycles. The monoisotopic (exact) mass is 248 g/mol. The van der Waals surface area contributed by atoms with Crippen LogP contribution in [0.5, 0.6) is 5.75 Å². The summed E-state index contributed by atoms with van der Waals surface area (Å²) < 4.78 is 18.8. The zero-order valence-corrected chi connectivity index (χ0v) is 9.88. The van der Waals surface area contributed by atoms with Crippen LogP contribution in [-0.4, -0.2) is 21.7 Å². The molecule has 0 bridgehead atoms. The maximum absolute atomic E-state index is 13.5. The molecule has 1 atom stereocenters. The van der Waals surface area contributed by atoms with Gasteiger partial charge in [0.25, 0.3) is 0 Å². The fraction of sp³-hybridized carbons (Fsp3) is 0.231. The van der Waals surface area contributed by atoms with E-state index in [0.29, 0.717) is 17.9 Å².